The number of hydrogen-bond donors (Lipinski definition) is 0. The van der Waals surface area contributed by atoms with Crippen molar-refractivity contribution in [3.05, 3.63) is 52.0 Å². The Bertz CT molecular complexity index is 1010. The Morgan fingerprint density at radius 3 is 2.53 bits per heavy atom. The third-order valence-electron chi connectivity index (χ3n) is 4.99. The van der Waals surface area contributed by atoms with Crippen molar-refractivity contribution in [2.75, 3.05) is 38.2 Å². The molecule has 2 aromatic carbocycles. The molecule has 0 radical (unpaired) electrons. The summed E-state index contributed by atoms with van der Waals surface area (Å²) in [6.07, 6.45) is 0. The molecule has 0 saturated carbocycles. The molecule has 5 nitrogen and oxygen atoms in total. The highest BCUT2D eigenvalue weighted by Crippen LogP contribution is 2.36. The number of nitrogens with zero attached hydrogens (tertiary/aromatic N) is 3. The van der Waals surface area contributed by atoms with Crippen molar-refractivity contribution in [2.45, 2.75) is 20.8 Å². The Morgan fingerprint density at radius 2 is 1.90 bits per heavy atom. The van der Waals surface area contributed by atoms with Gasteiger partial charge in [0.1, 0.15) is 11.3 Å². The van der Waals surface area contributed by atoms with Crippen molar-refractivity contribution < 1.29 is 9.53 Å². The first-order valence-electron chi connectivity index (χ1n) is 9.72. The number of carbonyl (C=O) groups is 1. The van der Waals surface area contributed by atoms with Crippen LogP contribution in [0.2, 0.25) is 0 Å². The second kappa shape index (κ2) is 11.1. The monoisotopic (exact) mass is 511 g/mol. The van der Waals surface area contributed by atoms with Crippen LogP contribution < -0.4 is 9.64 Å². The van der Waals surface area contributed by atoms with Gasteiger partial charge in [-0.2, -0.15) is 0 Å². The highest BCUT2D eigenvalue weighted by atomic mass is 79.9. The minimum Gasteiger partial charge on any atom is -0.494 e. The number of hydrogen-bond acceptors (Lipinski definition) is 5. The van der Waals surface area contributed by atoms with E-state index in [0.717, 1.165) is 45.6 Å². The maximum Gasteiger partial charge on any atom is 0.260 e. The SMILES string of the molecule is CCN(CC)CCN(C(=O)c1cccc(Br)c1)c1nc2c(OC)ccc(C)c2s1.Cl. The fourth-order valence-corrected chi connectivity index (χ4v) is 4.70. The van der Waals surface area contributed by atoms with Gasteiger partial charge in [-0.15, -0.1) is 12.4 Å². The maximum absolute atomic E-state index is 13.4. The number of aromatic nitrogens is 1. The van der Waals surface area contributed by atoms with Gasteiger partial charge in [-0.1, -0.05) is 53.2 Å². The first kappa shape index (κ1) is 24.6. The Kier molecular flexibility index (Phi) is 9.09. The number of likely N-dealkylation sites (N-methyl/N-ethyl adjacent to an activating group) is 1. The number of aryl methyl sites for hydroxylation is 1. The standard InChI is InChI=1S/C22H26BrN3O2S.ClH/c1-5-25(6-2)12-13-26(21(27)16-8-7-9-17(23)14-16)22-24-19-18(28-4)11-10-15(3)20(19)29-22;/h7-11,14H,5-6,12-13H2,1-4H3;1H. The smallest absolute Gasteiger partial charge is 0.260 e. The first-order valence-corrected chi connectivity index (χ1v) is 11.3. The molecule has 0 aliphatic carbocycles. The number of ether oxygens (including phenoxy) is 1. The van der Waals surface area contributed by atoms with Crippen molar-refractivity contribution in [1.29, 1.82) is 0 Å². The van der Waals surface area contributed by atoms with E-state index in [-0.39, 0.29) is 18.3 Å². The number of anilines is 1. The van der Waals surface area contributed by atoms with E-state index >= 15 is 0 Å². The zero-order chi connectivity index (χ0) is 21.0. The van der Waals surface area contributed by atoms with Crippen LogP contribution in [0.25, 0.3) is 10.2 Å². The van der Waals surface area contributed by atoms with Gasteiger partial charge in [0.15, 0.2) is 5.13 Å². The zero-order valence-electron chi connectivity index (χ0n) is 17.6. The summed E-state index contributed by atoms with van der Waals surface area (Å²) in [7, 11) is 1.65. The van der Waals surface area contributed by atoms with Crippen molar-refractivity contribution in [3.63, 3.8) is 0 Å². The van der Waals surface area contributed by atoms with Gasteiger partial charge < -0.3 is 9.64 Å². The minimum atomic E-state index is -0.0471. The van der Waals surface area contributed by atoms with E-state index in [1.165, 1.54) is 11.3 Å². The van der Waals surface area contributed by atoms with Crippen molar-refractivity contribution >= 4 is 60.9 Å². The molecule has 0 spiro atoms. The molecule has 0 bridgehead atoms. The van der Waals surface area contributed by atoms with Crippen molar-refractivity contribution in [3.8, 4) is 5.75 Å². The molecule has 0 saturated heterocycles. The molecule has 0 aliphatic heterocycles. The molecule has 162 valence electrons. The number of rotatable bonds is 8. The molecule has 0 unspecified atom stereocenters. The van der Waals surface area contributed by atoms with E-state index in [2.05, 4.69) is 41.6 Å². The lowest BCUT2D eigenvalue weighted by Gasteiger charge is -2.24. The van der Waals surface area contributed by atoms with Crippen LogP contribution in [0.5, 0.6) is 5.75 Å². The van der Waals surface area contributed by atoms with E-state index in [9.17, 15) is 4.79 Å². The average Bonchev–Trinajstić information content (AvgIpc) is 3.17. The van der Waals surface area contributed by atoms with Gasteiger partial charge in [-0.3, -0.25) is 9.69 Å². The first-order chi connectivity index (χ1) is 14.0. The van der Waals surface area contributed by atoms with Crippen LogP contribution in [-0.2, 0) is 0 Å². The Balaban J connectivity index is 0.00000320. The van der Waals surface area contributed by atoms with Gasteiger partial charge in [0, 0.05) is 23.1 Å². The van der Waals surface area contributed by atoms with Crippen LogP contribution in [0.3, 0.4) is 0 Å². The number of fused-ring (bicyclic) bond motifs is 1. The summed E-state index contributed by atoms with van der Waals surface area (Å²) in [6, 6.07) is 11.5. The Labute approximate surface area is 196 Å². The molecule has 0 atom stereocenters. The van der Waals surface area contributed by atoms with Crippen molar-refractivity contribution in [1.82, 2.24) is 9.88 Å². The normalized spacial score (nSPS) is 10.9. The van der Waals surface area contributed by atoms with Crippen molar-refractivity contribution in [2.24, 2.45) is 0 Å². The molecule has 30 heavy (non-hydrogen) atoms. The van der Waals surface area contributed by atoms with Crippen LogP contribution >= 0.6 is 39.7 Å². The number of benzene rings is 2. The molecular formula is C22H27BrClN3O2S. The number of amides is 1. The largest absolute Gasteiger partial charge is 0.494 e. The quantitative estimate of drug-likeness (QED) is 0.383. The van der Waals surface area contributed by atoms with E-state index in [4.69, 9.17) is 9.72 Å². The second-order valence-electron chi connectivity index (χ2n) is 6.75. The summed E-state index contributed by atoms with van der Waals surface area (Å²) in [5, 5.41) is 0.699. The molecule has 1 amide bonds. The fourth-order valence-electron chi connectivity index (χ4n) is 3.22. The number of thiazole rings is 1. The minimum absolute atomic E-state index is 0. The van der Waals surface area contributed by atoms with E-state index < -0.39 is 0 Å². The maximum atomic E-state index is 13.4. The third kappa shape index (κ3) is 5.32. The Morgan fingerprint density at radius 1 is 1.17 bits per heavy atom. The predicted molar refractivity (Wildman–Crippen MR) is 132 cm³/mol. The van der Waals surface area contributed by atoms with Gasteiger partial charge in [0.25, 0.3) is 5.91 Å². The van der Waals surface area contributed by atoms with Gasteiger partial charge in [0.2, 0.25) is 0 Å². The van der Waals surface area contributed by atoms with Crippen LogP contribution in [0.15, 0.2) is 40.9 Å². The molecule has 0 N–H and O–H groups in total. The van der Waals surface area contributed by atoms with E-state index in [0.29, 0.717) is 17.2 Å². The lowest BCUT2D eigenvalue weighted by Crippen LogP contribution is -2.38. The summed E-state index contributed by atoms with van der Waals surface area (Å²) in [6.45, 7) is 9.59. The van der Waals surface area contributed by atoms with Gasteiger partial charge in [-0.25, -0.2) is 4.98 Å². The summed E-state index contributed by atoms with van der Waals surface area (Å²) >= 11 is 5.01. The average molecular weight is 513 g/mol. The van der Waals surface area contributed by atoms with E-state index in [1.54, 1.807) is 12.0 Å². The topological polar surface area (TPSA) is 45.7 Å². The van der Waals surface area contributed by atoms with Crippen LogP contribution in [-0.4, -0.2) is 49.1 Å². The lowest BCUT2D eigenvalue weighted by molar-refractivity contribution is 0.0983. The summed E-state index contributed by atoms with van der Waals surface area (Å²) in [4.78, 5) is 22.3. The number of halogens is 2. The van der Waals surface area contributed by atoms with Crippen LogP contribution in [0.4, 0.5) is 5.13 Å². The second-order valence-corrected chi connectivity index (χ2v) is 8.65. The van der Waals surface area contributed by atoms with Gasteiger partial charge in [-0.05, 0) is 49.8 Å². The molecular weight excluding hydrogens is 486 g/mol. The molecule has 1 aromatic heterocycles. The summed E-state index contributed by atoms with van der Waals surface area (Å²) in [5.74, 6) is 0.681. The fraction of sp³-hybridized carbons (Fsp3) is 0.364. The predicted octanol–water partition coefficient (Wildman–Crippen LogP) is 5.79. The van der Waals surface area contributed by atoms with Gasteiger partial charge in [0.05, 0.1) is 11.8 Å². The zero-order valence-corrected chi connectivity index (χ0v) is 20.9. The molecule has 3 rings (SSSR count). The number of methoxy groups -OCH3 is 1. The molecule has 1 heterocycles. The molecule has 0 fully saturated rings. The van der Waals surface area contributed by atoms with Crippen LogP contribution in [0.1, 0.15) is 29.8 Å². The third-order valence-corrected chi connectivity index (χ3v) is 6.70. The molecule has 8 heteroatoms. The highest BCUT2D eigenvalue weighted by Gasteiger charge is 2.23. The highest BCUT2D eigenvalue weighted by molar-refractivity contribution is 9.10. The van der Waals surface area contributed by atoms with Gasteiger partial charge >= 0.3 is 0 Å². The molecule has 0 aliphatic rings. The number of carbonyl (C=O) groups excluding carboxylic acids is 1. The molecule has 3 aromatic rings. The Hall–Kier alpha value is -1.67. The summed E-state index contributed by atoms with van der Waals surface area (Å²) < 4.78 is 7.43. The van der Waals surface area contributed by atoms with Crippen LogP contribution in [0, 0.1) is 6.92 Å². The summed E-state index contributed by atoms with van der Waals surface area (Å²) in [5.41, 5.74) is 2.58. The lowest BCUT2D eigenvalue weighted by atomic mass is 10.2. The van der Waals surface area contributed by atoms with E-state index in [1.807, 2.05) is 36.4 Å².